The van der Waals surface area contributed by atoms with E-state index >= 15 is 0 Å². The fraction of sp³-hybridized carbons (Fsp3) is 0.923. The van der Waals surface area contributed by atoms with E-state index < -0.39 is 15.8 Å². The maximum atomic E-state index is 12.5. The second-order valence-electron chi connectivity index (χ2n) is 6.48. The fourth-order valence-corrected chi connectivity index (χ4v) is 3.20. The van der Waals surface area contributed by atoms with Crippen molar-refractivity contribution in [2.75, 3.05) is 26.7 Å². The molecule has 0 saturated carbocycles. The number of nitrogens with zero attached hydrogens (tertiary/aromatic N) is 2. The highest BCUT2D eigenvalue weighted by atomic mass is 127. The summed E-state index contributed by atoms with van der Waals surface area (Å²) in [4.78, 5) is 4.12. The highest BCUT2D eigenvalue weighted by molar-refractivity contribution is 14.0. The van der Waals surface area contributed by atoms with Gasteiger partial charge in [-0.25, -0.2) is 8.42 Å². The van der Waals surface area contributed by atoms with Crippen LogP contribution in [0.15, 0.2) is 4.99 Å². The molecule has 23 heavy (non-hydrogen) atoms. The van der Waals surface area contributed by atoms with Crippen molar-refractivity contribution >= 4 is 40.0 Å². The van der Waals surface area contributed by atoms with Gasteiger partial charge in [0.1, 0.15) is 0 Å². The molecule has 1 rings (SSSR count). The molecule has 138 valence electrons. The number of aliphatic imine (C=N–C) groups is 1. The molecule has 2 N–H and O–H groups in total. The third-order valence-electron chi connectivity index (χ3n) is 3.43. The van der Waals surface area contributed by atoms with Crippen LogP contribution in [-0.2, 0) is 10.0 Å². The van der Waals surface area contributed by atoms with Gasteiger partial charge in [0.25, 0.3) is 10.0 Å². The van der Waals surface area contributed by atoms with E-state index in [1.807, 2.05) is 20.8 Å². The number of alkyl halides is 2. The molecule has 0 spiro atoms. The van der Waals surface area contributed by atoms with Crippen molar-refractivity contribution in [3.8, 4) is 0 Å². The maximum Gasteiger partial charge on any atom is 0.350 e. The smallest absolute Gasteiger partial charge is 0.350 e. The molecule has 1 saturated heterocycles. The predicted octanol–water partition coefficient (Wildman–Crippen LogP) is 1.83. The molecule has 10 heteroatoms. The van der Waals surface area contributed by atoms with Gasteiger partial charge in [-0.2, -0.15) is 13.1 Å². The molecule has 0 atom stereocenters. The van der Waals surface area contributed by atoms with Gasteiger partial charge in [0, 0.05) is 32.2 Å². The number of hydrogen-bond acceptors (Lipinski definition) is 3. The van der Waals surface area contributed by atoms with Crippen molar-refractivity contribution in [2.24, 2.45) is 10.9 Å². The van der Waals surface area contributed by atoms with Crippen LogP contribution < -0.4 is 10.6 Å². The van der Waals surface area contributed by atoms with Crippen LogP contribution in [0.2, 0.25) is 0 Å². The summed E-state index contributed by atoms with van der Waals surface area (Å²) in [7, 11) is -2.76. The topological polar surface area (TPSA) is 73.8 Å². The van der Waals surface area contributed by atoms with Gasteiger partial charge in [0.05, 0.1) is 0 Å². The second-order valence-corrected chi connectivity index (χ2v) is 8.38. The summed E-state index contributed by atoms with van der Waals surface area (Å²) in [6.45, 7) is 6.99. The standard InChI is InChI=1S/C13H26F2N4O2S.HI/c1-13(2,3)18-12(16-4)17-9-10-5-7-19(8-6-10)22(20,21)11(14)15;/h10-11H,5-9H2,1-4H3,(H2,16,17,18);1H. The maximum absolute atomic E-state index is 12.5. The number of rotatable bonds is 4. The Bertz CT molecular complexity index is 487. The lowest BCUT2D eigenvalue weighted by atomic mass is 9.98. The molecule has 1 fully saturated rings. The number of guanidine groups is 1. The van der Waals surface area contributed by atoms with E-state index in [9.17, 15) is 17.2 Å². The van der Waals surface area contributed by atoms with E-state index in [1.54, 1.807) is 7.05 Å². The molecule has 0 bridgehead atoms. The van der Waals surface area contributed by atoms with E-state index in [0.717, 1.165) is 4.31 Å². The quantitative estimate of drug-likeness (QED) is 0.375. The van der Waals surface area contributed by atoms with Gasteiger partial charge < -0.3 is 10.6 Å². The Labute approximate surface area is 154 Å². The van der Waals surface area contributed by atoms with Crippen molar-refractivity contribution in [1.29, 1.82) is 0 Å². The second kappa shape index (κ2) is 9.30. The Morgan fingerprint density at radius 3 is 2.22 bits per heavy atom. The number of piperidine rings is 1. The van der Waals surface area contributed by atoms with E-state index in [0.29, 0.717) is 25.3 Å². The fourth-order valence-electron chi connectivity index (χ4n) is 2.26. The Morgan fingerprint density at radius 2 is 1.83 bits per heavy atom. The van der Waals surface area contributed by atoms with Crippen LogP contribution in [-0.4, -0.2) is 56.7 Å². The molecule has 6 nitrogen and oxygen atoms in total. The van der Waals surface area contributed by atoms with Gasteiger partial charge in [0.15, 0.2) is 5.96 Å². The molecular weight excluding hydrogens is 441 g/mol. The zero-order chi connectivity index (χ0) is 17.0. The van der Waals surface area contributed by atoms with Gasteiger partial charge in [0.2, 0.25) is 0 Å². The largest absolute Gasteiger partial charge is 0.356 e. The third kappa shape index (κ3) is 7.46. The summed E-state index contributed by atoms with van der Waals surface area (Å²) in [6, 6.07) is 0. The number of sulfonamides is 1. The average molecular weight is 468 g/mol. The number of hydrogen-bond donors (Lipinski definition) is 2. The highest BCUT2D eigenvalue weighted by Gasteiger charge is 2.34. The average Bonchev–Trinajstić information content (AvgIpc) is 2.42. The van der Waals surface area contributed by atoms with Crippen LogP contribution in [0.1, 0.15) is 33.6 Å². The Morgan fingerprint density at radius 1 is 1.30 bits per heavy atom. The van der Waals surface area contributed by atoms with Gasteiger partial charge in [-0.1, -0.05) is 0 Å². The van der Waals surface area contributed by atoms with E-state index in [4.69, 9.17) is 0 Å². The van der Waals surface area contributed by atoms with Gasteiger partial charge in [-0.15, -0.1) is 24.0 Å². The number of nitrogens with one attached hydrogen (secondary N) is 2. The van der Waals surface area contributed by atoms with Gasteiger partial charge in [-0.05, 0) is 39.5 Å². The van der Waals surface area contributed by atoms with Crippen LogP contribution in [0.25, 0.3) is 0 Å². The van der Waals surface area contributed by atoms with E-state index in [-0.39, 0.29) is 48.5 Å². The first-order chi connectivity index (χ1) is 10.1. The van der Waals surface area contributed by atoms with Crippen LogP contribution >= 0.6 is 24.0 Å². The lowest BCUT2D eigenvalue weighted by Crippen LogP contribution is -2.49. The highest BCUT2D eigenvalue weighted by Crippen LogP contribution is 2.22. The van der Waals surface area contributed by atoms with Crippen molar-refractivity contribution in [1.82, 2.24) is 14.9 Å². The molecule has 0 amide bonds. The molecular formula is C13H27F2IN4O2S. The van der Waals surface area contributed by atoms with Gasteiger partial charge in [-0.3, -0.25) is 4.99 Å². The minimum atomic E-state index is -4.44. The molecule has 0 unspecified atom stereocenters. The van der Waals surface area contributed by atoms with Crippen molar-refractivity contribution in [3.63, 3.8) is 0 Å². The normalized spacial score (nSPS) is 18.7. The summed E-state index contributed by atoms with van der Waals surface area (Å²) in [6.07, 6.45) is 1.12. The summed E-state index contributed by atoms with van der Waals surface area (Å²) in [5.74, 6) is -2.42. The predicted molar refractivity (Wildman–Crippen MR) is 98.9 cm³/mol. The minimum Gasteiger partial charge on any atom is -0.356 e. The van der Waals surface area contributed by atoms with Crippen molar-refractivity contribution in [2.45, 2.75) is 44.9 Å². The molecule has 0 aliphatic carbocycles. The third-order valence-corrected chi connectivity index (χ3v) is 4.97. The Kier molecular flexibility index (Phi) is 9.21. The minimum absolute atomic E-state index is 0. The first-order valence-electron chi connectivity index (χ1n) is 7.32. The zero-order valence-corrected chi connectivity index (χ0v) is 17.1. The van der Waals surface area contributed by atoms with E-state index in [1.165, 1.54) is 0 Å². The first kappa shape index (κ1) is 22.8. The van der Waals surface area contributed by atoms with Crippen LogP contribution in [0.3, 0.4) is 0 Å². The monoisotopic (exact) mass is 468 g/mol. The zero-order valence-electron chi connectivity index (χ0n) is 14.0. The van der Waals surface area contributed by atoms with E-state index in [2.05, 4.69) is 15.6 Å². The molecule has 1 aliphatic heterocycles. The van der Waals surface area contributed by atoms with Gasteiger partial charge >= 0.3 is 5.76 Å². The molecule has 0 aromatic rings. The molecule has 0 radical (unpaired) electrons. The molecule has 1 aliphatic rings. The van der Waals surface area contributed by atoms with Crippen molar-refractivity contribution in [3.05, 3.63) is 0 Å². The summed E-state index contributed by atoms with van der Waals surface area (Å²) in [5.41, 5.74) is -0.115. The Hall–Kier alpha value is -0.230. The summed E-state index contributed by atoms with van der Waals surface area (Å²) in [5, 5.41) is 6.42. The van der Waals surface area contributed by atoms with Crippen LogP contribution in [0.4, 0.5) is 8.78 Å². The lowest BCUT2D eigenvalue weighted by Gasteiger charge is -2.31. The Balaban J connectivity index is 0.00000484. The molecule has 0 aromatic heterocycles. The SMILES string of the molecule is CN=C(NCC1CCN(S(=O)(=O)C(F)F)CC1)NC(C)(C)C.I. The molecule has 1 heterocycles. The summed E-state index contributed by atoms with van der Waals surface area (Å²) >= 11 is 0. The summed E-state index contributed by atoms with van der Waals surface area (Å²) < 4.78 is 48.6. The van der Waals surface area contributed by atoms with Crippen LogP contribution in [0, 0.1) is 5.92 Å². The molecule has 0 aromatic carbocycles. The lowest BCUT2D eigenvalue weighted by molar-refractivity contribution is 0.204. The van der Waals surface area contributed by atoms with Crippen LogP contribution in [0.5, 0.6) is 0 Å². The first-order valence-corrected chi connectivity index (χ1v) is 8.82. The number of halogens is 3. The van der Waals surface area contributed by atoms with Crippen molar-refractivity contribution < 1.29 is 17.2 Å².